The lowest BCUT2D eigenvalue weighted by molar-refractivity contribution is -0.0522. The molecule has 1 aliphatic heterocycles. The quantitative estimate of drug-likeness (QED) is 0.676. The van der Waals surface area contributed by atoms with Gasteiger partial charge in [0.2, 0.25) is 5.92 Å². The van der Waals surface area contributed by atoms with Crippen molar-refractivity contribution in [2.45, 2.75) is 64.8 Å². The van der Waals surface area contributed by atoms with Crippen LogP contribution in [0.5, 0.6) is 0 Å². The largest absolute Gasteiger partial charge is 0.300 e. The third kappa shape index (κ3) is 3.18. The summed E-state index contributed by atoms with van der Waals surface area (Å²) < 4.78 is 26.2. The molecule has 0 radical (unpaired) electrons. The third-order valence-electron chi connectivity index (χ3n) is 4.65. The standard InChI is InChI=1S/C14H25F2N/c1-13(2,3)11-6-9-17(10-11)12-4-7-14(15,16)8-5-12/h11-12H,4-10H2,1-3H3. The first-order valence-corrected chi connectivity index (χ1v) is 6.90. The fourth-order valence-electron chi connectivity index (χ4n) is 3.22. The third-order valence-corrected chi connectivity index (χ3v) is 4.65. The Labute approximate surface area is 104 Å². The van der Waals surface area contributed by atoms with Gasteiger partial charge in [0.1, 0.15) is 0 Å². The van der Waals surface area contributed by atoms with Crippen LogP contribution in [0.1, 0.15) is 52.9 Å². The molecule has 0 bridgehead atoms. The normalized spacial score (nSPS) is 31.9. The summed E-state index contributed by atoms with van der Waals surface area (Å²) in [4.78, 5) is 2.46. The summed E-state index contributed by atoms with van der Waals surface area (Å²) in [7, 11) is 0. The summed E-state index contributed by atoms with van der Waals surface area (Å²) in [6.45, 7) is 9.08. The van der Waals surface area contributed by atoms with Crippen LogP contribution in [0.2, 0.25) is 0 Å². The Hall–Kier alpha value is -0.180. The molecule has 2 fully saturated rings. The number of hydrogen-bond donors (Lipinski definition) is 0. The molecule has 0 aromatic rings. The van der Waals surface area contributed by atoms with Gasteiger partial charge in [0.25, 0.3) is 0 Å². The van der Waals surface area contributed by atoms with Crippen LogP contribution in [0.15, 0.2) is 0 Å². The molecule has 2 rings (SSSR count). The highest BCUT2D eigenvalue weighted by atomic mass is 19.3. The van der Waals surface area contributed by atoms with E-state index in [9.17, 15) is 8.78 Å². The summed E-state index contributed by atoms with van der Waals surface area (Å²) in [5.74, 6) is -1.66. The molecule has 1 saturated carbocycles. The maximum atomic E-state index is 13.1. The minimum absolute atomic E-state index is 0.0916. The monoisotopic (exact) mass is 245 g/mol. The topological polar surface area (TPSA) is 3.24 Å². The fraction of sp³-hybridized carbons (Fsp3) is 1.00. The molecule has 0 spiro atoms. The molecule has 0 N–H and O–H groups in total. The van der Waals surface area contributed by atoms with E-state index in [1.807, 2.05) is 0 Å². The minimum Gasteiger partial charge on any atom is -0.300 e. The van der Waals surface area contributed by atoms with Gasteiger partial charge in [-0.05, 0) is 37.1 Å². The summed E-state index contributed by atoms with van der Waals surface area (Å²) in [5.41, 5.74) is 0.355. The summed E-state index contributed by atoms with van der Waals surface area (Å²) in [5, 5.41) is 0. The van der Waals surface area contributed by atoms with E-state index in [0.717, 1.165) is 19.0 Å². The molecule has 100 valence electrons. The molecular formula is C14H25F2N. The molecule has 1 atom stereocenters. The fourth-order valence-corrected chi connectivity index (χ4v) is 3.22. The molecule has 17 heavy (non-hydrogen) atoms. The molecule has 0 aromatic heterocycles. The number of nitrogens with zero attached hydrogens (tertiary/aromatic N) is 1. The van der Waals surface area contributed by atoms with E-state index >= 15 is 0 Å². The smallest absolute Gasteiger partial charge is 0.248 e. The average Bonchev–Trinajstić information content (AvgIpc) is 2.66. The van der Waals surface area contributed by atoms with Gasteiger partial charge >= 0.3 is 0 Å². The highest BCUT2D eigenvalue weighted by molar-refractivity contribution is 4.90. The van der Waals surface area contributed by atoms with E-state index in [2.05, 4.69) is 25.7 Å². The van der Waals surface area contributed by atoms with Gasteiger partial charge in [-0.25, -0.2) is 8.78 Å². The van der Waals surface area contributed by atoms with Crippen molar-refractivity contribution in [1.29, 1.82) is 0 Å². The summed E-state index contributed by atoms with van der Waals surface area (Å²) in [6.07, 6.45) is 2.78. The van der Waals surface area contributed by atoms with E-state index in [-0.39, 0.29) is 12.8 Å². The zero-order valence-corrected chi connectivity index (χ0v) is 11.3. The van der Waals surface area contributed by atoms with Crippen molar-refractivity contribution in [1.82, 2.24) is 4.90 Å². The Balaban J connectivity index is 1.86. The van der Waals surface area contributed by atoms with Crippen LogP contribution < -0.4 is 0 Å². The number of alkyl halides is 2. The van der Waals surface area contributed by atoms with Gasteiger partial charge in [-0.1, -0.05) is 20.8 Å². The van der Waals surface area contributed by atoms with Gasteiger partial charge < -0.3 is 4.90 Å². The van der Waals surface area contributed by atoms with Crippen LogP contribution in [-0.2, 0) is 0 Å². The lowest BCUT2D eigenvalue weighted by Gasteiger charge is -2.35. The Morgan fingerprint density at radius 1 is 1.06 bits per heavy atom. The second-order valence-corrected chi connectivity index (χ2v) is 6.93. The first-order chi connectivity index (χ1) is 7.78. The number of rotatable bonds is 1. The molecule has 1 aliphatic carbocycles. The van der Waals surface area contributed by atoms with Gasteiger partial charge in [-0.3, -0.25) is 0 Å². The Morgan fingerprint density at radius 3 is 2.12 bits per heavy atom. The van der Waals surface area contributed by atoms with Crippen molar-refractivity contribution >= 4 is 0 Å². The van der Waals surface area contributed by atoms with Crippen LogP contribution in [0.4, 0.5) is 8.78 Å². The molecule has 0 amide bonds. The molecule has 2 aliphatic rings. The predicted octanol–water partition coefficient (Wildman–Crippen LogP) is 3.93. The van der Waals surface area contributed by atoms with Crippen molar-refractivity contribution in [2.75, 3.05) is 13.1 Å². The lowest BCUT2D eigenvalue weighted by Crippen LogP contribution is -2.40. The van der Waals surface area contributed by atoms with Crippen LogP contribution in [0.25, 0.3) is 0 Å². The highest BCUT2D eigenvalue weighted by Crippen LogP contribution is 2.39. The van der Waals surface area contributed by atoms with E-state index in [1.54, 1.807) is 0 Å². The molecule has 3 heteroatoms. The van der Waals surface area contributed by atoms with Crippen molar-refractivity contribution < 1.29 is 8.78 Å². The average molecular weight is 245 g/mol. The second kappa shape index (κ2) is 4.49. The lowest BCUT2D eigenvalue weighted by atomic mass is 9.80. The van der Waals surface area contributed by atoms with Gasteiger partial charge in [0, 0.05) is 25.4 Å². The molecule has 1 unspecified atom stereocenters. The second-order valence-electron chi connectivity index (χ2n) is 6.93. The SMILES string of the molecule is CC(C)(C)C1CCN(C2CCC(F)(F)CC2)C1. The summed E-state index contributed by atoms with van der Waals surface area (Å²) in [6, 6.07) is 0.418. The maximum absolute atomic E-state index is 13.1. The Bertz CT molecular complexity index is 260. The number of likely N-dealkylation sites (tertiary alicyclic amines) is 1. The van der Waals surface area contributed by atoms with Crippen molar-refractivity contribution in [3.05, 3.63) is 0 Å². The Kier molecular flexibility index (Phi) is 3.50. The van der Waals surface area contributed by atoms with E-state index < -0.39 is 5.92 Å². The van der Waals surface area contributed by atoms with Crippen molar-refractivity contribution in [3.63, 3.8) is 0 Å². The molecule has 0 aromatic carbocycles. The minimum atomic E-state index is -2.39. The van der Waals surface area contributed by atoms with E-state index in [4.69, 9.17) is 0 Å². The van der Waals surface area contributed by atoms with Crippen LogP contribution in [0.3, 0.4) is 0 Å². The Morgan fingerprint density at radius 2 is 1.65 bits per heavy atom. The van der Waals surface area contributed by atoms with Crippen LogP contribution in [0, 0.1) is 11.3 Å². The predicted molar refractivity (Wildman–Crippen MR) is 66.3 cm³/mol. The number of halogens is 2. The zero-order valence-electron chi connectivity index (χ0n) is 11.3. The molecular weight excluding hydrogens is 220 g/mol. The molecule has 1 saturated heterocycles. The van der Waals surface area contributed by atoms with Crippen LogP contribution in [-0.4, -0.2) is 30.0 Å². The zero-order chi connectivity index (χ0) is 12.7. The first-order valence-electron chi connectivity index (χ1n) is 6.90. The van der Waals surface area contributed by atoms with Gasteiger partial charge in [-0.2, -0.15) is 0 Å². The highest BCUT2D eigenvalue weighted by Gasteiger charge is 2.40. The molecule has 1 heterocycles. The van der Waals surface area contributed by atoms with E-state index in [0.29, 0.717) is 24.3 Å². The first kappa shape index (κ1) is 13.3. The maximum Gasteiger partial charge on any atom is 0.248 e. The van der Waals surface area contributed by atoms with Crippen molar-refractivity contribution in [3.8, 4) is 0 Å². The van der Waals surface area contributed by atoms with E-state index in [1.165, 1.54) is 6.42 Å². The molecule has 1 nitrogen and oxygen atoms in total. The summed E-state index contributed by atoms with van der Waals surface area (Å²) >= 11 is 0. The van der Waals surface area contributed by atoms with Crippen LogP contribution >= 0.6 is 0 Å². The number of hydrogen-bond acceptors (Lipinski definition) is 1. The van der Waals surface area contributed by atoms with Gasteiger partial charge in [0.15, 0.2) is 0 Å². The van der Waals surface area contributed by atoms with Gasteiger partial charge in [0.05, 0.1) is 0 Å². The van der Waals surface area contributed by atoms with Crippen molar-refractivity contribution in [2.24, 2.45) is 11.3 Å². The van der Waals surface area contributed by atoms with Gasteiger partial charge in [-0.15, -0.1) is 0 Å².